The molecule has 0 unspecified atom stereocenters. The molecule has 160 valence electrons. The van der Waals surface area contributed by atoms with Gasteiger partial charge in [-0.1, -0.05) is 0 Å². The first-order chi connectivity index (χ1) is 14.3. The molecule has 1 aliphatic heterocycles. The molecule has 4 rings (SSSR count). The third kappa shape index (κ3) is 4.37. The van der Waals surface area contributed by atoms with E-state index >= 15 is 0 Å². The number of hydrogen-bond donors (Lipinski definition) is 0. The number of nitrogens with zero attached hydrogens (tertiary/aromatic N) is 7. The molecule has 8 nitrogen and oxygen atoms in total. The second-order valence-electron chi connectivity index (χ2n) is 7.03. The first-order valence-electron chi connectivity index (χ1n) is 9.33. The van der Waals surface area contributed by atoms with E-state index in [0.717, 1.165) is 43.8 Å². The van der Waals surface area contributed by atoms with E-state index in [9.17, 15) is 13.2 Å². The maximum absolute atomic E-state index is 13.3. The molecule has 3 aromatic heterocycles. The van der Waals surface area contributed by atoms with Crippen LogP contribution in [0, 0.1) is 0 Å². The molecule has 0 amide bonds. The predicted octanol–water partition coefficient (Wildman–Crippen LogP) is 3.55. The Morgan fingerprint density at radius 2 is 1.93 bits per heavy atom. The van der Waals surface area contributed by atoms with Gasteiger partial charge in [-0.2, -0.15) is 13.2 Å². The van der Waals surface area contributed by atoms with Gasteiger partial charge in [0.2, 0.25) is 11.1 Å². The summed E-state index contributed by atoms with van der Waals surface area (Å²) in [5.41, 5.74) is -0.999. The zero-order valence-electron chi connectivity index (χ0n) is 16.4. The van der Waals surface area contributed by atoms with Gasteiger partial charge in [0, 0.05) is 33.3 Å². The van der Waals surface area contributed by atoms with Gasteiger partial charge in [0.05, 0.1) is 12.8 Å². The van der Waals surface area contributed by atoms with Crippen LogP contribution in [-0.2, 0) is 12.7 Å². The molecule has 0 spiro atoms. The van der Waals surface area contributed by atoms with Crippen LogP contribution in [0.1, 0.15) is 24.3 Å². The molecule has 1 saturated heterocycles. The zero-order valence-corrected chi connectivity index (χ0v) is 17.2. The fraction of sp³-hybridized carbons (Fsp3) is 0.444. The summed E-state index contributed by atoms with van der Waals surface area (Å²) in [6.07, 6.45) is -0.898. The van der Waals surface area contributed by atoms with Crippen molar-refractivity contribution >= 4 is 23.5 Å². The third-order valence-corrected chi connectivity index (χ3v) is 5.45. The highest BCUT2D eigenvalue weighted by molar-refractivity contribution is 7.99. The van der Waals surface area contributed by atoms with E-state index in [1.54, 1.807) is 26.4 Å². The first-order valence-corrected chi connectivity index (χ1v) is 10.1. The Balaban J connectivity index is 1.71. The molecule has 0 aliphatic carbocycles. The monoisotopic (exact) mass is 439 g/mol. The Kier molecular flexibility index (Phi) is 5.58. The summed E-state index contributed by atoms with van der Waals surface area (Å²) in [6, 6.07) is 4.53. The van der Waals surface area contributed by atoms with Crippen LogP contribution in [0.5, 0.6) is 0 Å². The third-order valence-electron chi connectivity index (χ3n) is 4.60. The van der Waals surface area contributed by atoms with Gasteiger partial charge < -0.3 is 14.2 Å². The molecule has 1 aliphatic rings. The molecule has 4 heterocycles. The smallest absolute Gasteiger partial charge is 0.433 e. The molecular formula is C18H20F3N7OS. The van der Waals surface area contributed by atoms with Crippen LogP contribution in [0.15, 0.2) is 39.2 Å². The quantitative estimate of drug-likeness (QED) is 0.540. The molecule has 0 N–H and O–H groups in total. The molecule has 0 atom stereocenters. The van der Waals surface area contributed by atoms with Crippen molar-refractivity contribution in [2.45, 2.75) is 35.9 Å². The molecule has 30 heavy (non-hydrogen) atoms. The minimum Gasteiger partial charge on any atom is -0.467 e. The van der Waals surface area contributed by atoms with E-state index in [1.807, 2.05) is 10.6 Å². The number of aromatic nitrogens is 5. The molecule has 0 bridgehead atoms. The maximum atomic E-state index is 13.3. The number of rotatable bonds is 6. The zero-order chi connectivity index (χ0) is 21.3. The van der Waals surface area contributed by atoms with Crippen LogP contribution in [0.2, 0.25) is 0 Å². The molecule has 12 heteroatoms. The maximum Gasteiger partial charge on any atom is 0.433 e. The lowest BCUT2D eigenvalue weighted by atomic mass is 10.4. The van der Waals surface area contributed by atoms with Gasteiger partial charge in [-0.3, -0.25) is 4.57 Å². The molecule has 3 aromatic rings. The van der Waals surface area contributed by atoms with Gasteiger partial charge in [0.25, 0.3) is 0 Å². The predicted molar refractivity (Wildman–Crippen MR) is 105 cm³/mol. The largest absolute Gasteiger partial charge is 0.467 e. The second-order valence-corrected chi connectivity index (χ2v) is 7.96. The van der Waals surface area contributed by atoms with Crippen LogP contribution in [-0.4, -0.2) is 51.9 Å². The summed E-state index contributed by atoms with van der Waals surface area (Å²) in [6.45, 7) is 2.06. The highest BCUT2D eigenvalue weighted by Crippen LogP contribution is 2.34. The van der Waals surface area contributed by atoms with Gasteiger partial charge in [-0.15, -0.1) is 10.2 Å². The van der Waals surface area contributed by atoms with Gasteiger partial charge in [-0.05, 0) is 36.7 Å². The Morgan fingerprint density at radius 1 is 1.17 bits per heavy atom. The van der Waals surface area contributed by atoms with E-state index < -0.39 is 11.9 Å². The summed E-state index contributed by atoms with van der Waals surface area (Å²) >= 11 is 0.950. The first kappa shape index (κ1) is 20.5. The Morgan fingerprint density at radius 3 is 2.57 bits per heavy atom. The summed E-state index contributed by atoms with van der Waals surface area (Å²) < 4.78 is 47.2. The number of halogens is 3. The number of alkyl halides is 3. The molecule has 0 aromatic carbocycles. The standard InChI is InChI=1S/C18H20F3N7OS/c1-26(2)14-10-13(18(19,20)21)22-15(23-14)30-17-25-24-16(27-7-3-4-8-27)28(17)11-12-6-5-9-29-12/h5-6,9-10H,3-4,7-8,11H2,1-2H3. The van der Waals surface area contributed by atoms with Crippen LogP contribution in [0.4, 0.5) is 24.9 Å². The summed E-state index contributed by atoms with van der Waals surface area (Å²) in [4.78, 5) is 11.6. The average molecular weight is 439 g/mol. The van der Waals surface area contributed by atoms with Crippen molar-refractivity contribution in [2.75, 3.05) is 37.0 Å². The van der Waals surface area contributed by atoms with Crippen LogP contribution in [0.3, 0.4) is 0 Å². The van der Waals surface area contributed by atoms with Crippen molar-refractivity contribution < 1.29 is 17.6 Å². The lowest BCUT2D eigenvalue weighted by Gasteiger charge is -2.18. The van der Waals surface area contributed by atoms with Gasteiger partial charge in [0.1, 0.15) is 11.6 Å². The van der Waals surface area contributed by atoms with Gasteiger partial charge in [0.15, 0.2) is 10.9 Å². The number of furan rings is 1. The topological polar surface area (TPSA) is 76.1 Å². The highest BCUT2D eigenvalue weighted by atomic mass is 32.2. The van der Waals surface area contributed by atoms with Crippen molar-refractivity contribution in [3.8, 4) is 0 Å². The fourth-order valence-electron chi connectivity index (χ4n) is 3.12. The molecule has 1 fully saturated rings. The lowest BCUT2D eigenvalue weighted by Crippen LogP contribution is -2.22. The van der Waals surface area contributed by atoms with Crippen molar-refractivity contribution in [3.63, 3.8) is 0 Å². The van der Waals surface area contributed by atoms with Gasteiger partial charge >= 0.3 is 6.18 Å². The average Bonchev–Trinajstić information content (AvgIpc) is 3.44. The molecule has 0 saturated carbocycles. The van der Waals surface area contributed by atoms with E-state index in [4.69, 9.17) is 4.42 Å². The van der Waals surface area contributed by atoms with Crippen molar-refractivity contribution in [3.05, 3.63) is 35.9 Å². The number of anilines is 2. The van der Waals surface area contributed by atoms with Crippen LogP contribution < -0.4 is 9.80 Å². The van der Waals surface area contributed by atoms with E-state index in [-0.39, 0.29) is 11.0 Å². The van der Waals surface area contributed by atoms with E-state index in [1.165, 1.54) is 4.90 Å². The highest BCUT2D eigenvalue weighted by Gasteiger charge is 2.34. The van der Waals surface area contributed by atoms with Crippen LogP contribution in [0.25, 0.3) is 0 Å². The summed E-state index contributed by atoms with van der Waals surface area (Å²) in [7, 11) is 3.25. The summed E-state index contributed by atoms with van der Waals surface area (Å²) in [5.74, 6) is 1.51. The minimum atomic E-state index is -4.58. The van der Waals surface area contributed by atoms with E-state index in [2.05, 4.69) is 25.1 Å². The Labute approximate surface area is 175 Å². The Hall–Kier alpha value is -2.76. The molecule has 0 radical (unpaired) electrons. The van der Waals surface area contributed by atoms with E-state index in [0.29, 0.717) is 23.4 Å². The second kappa shape index (κ2) is 8.17. The lowest BCUT2D eigenvalue weighted by molar-refractivity contribution is -0.141. The molecular weight excluding hydrogens is 419 g/mol. The minimum absolute atomic E-state index is 0.0467. The Bertz CT molecular complexity index is 998. The van der Waals surface area contributed by atoms with Gasteiger partial charge in [-0.25, -0.2) is 9.97 Å². The summed E-state index contributed by atoms with van der Waals surface area (Å²) in [5, 5.41) is 8.87. The van der Waals surface area contributed by atoms with Crippen molar-refractivity contribution in [1.29, 1.82) is 0 Å². The fourth-order valence-corrected chi connectivity index (χ4v) is 3.90. The van der Waals surface area contributed by atoms with Crippen LogP contribution >= 0.6 is 11.8 Å². The SMILES string of the molecule is CN(C)c1cc(C(F)(F)F)nc(Sc2nnc(N3CCCC3)n2Cc2ccco2)n1. The van der Waals surface area contributed by atoms with Crippen molar-refractivity contribution in [1.82, 2.24) is 24.7 Å². The normalized spacial score (nSPS) is 14.5. The number of hydrogen-bond acceptors (Lipinski definition) is 8. The van der Waals surface area contributed by atoms with Crippen molar-refractivity contribution in [2.24, 2.45) is 0 Å².